The topological polar surface area (TPSA) is 56.6 Å². The second-order valence-corrected chi connectivity index (χ2v) is 8.72. The monoisotopic (exact) mass is 435 g/mol. The maximum atomic E-state index is 11.9. The number of hydrogen-bond donors (Lipinski definition) is 1. The minimum atomic E-state index is -0.105. The zero-order valence-electron chi connectivity index (χ0n) is 18.5. The van der Waals surface area contributed by atoms with Crippen LogP contribution in [0.3, 0.4) is 0 Å². The lowest BCUT2D eigenvalue weighted by atomic mass is 10.1. The van der Waals surface area contributed by atoms with E-state index in [9.17, 15) is 4.79 Å². The summed E-state index contributed by atoms with van der Waals surface area (Å²) in [5.74, 6) is 0. The number of rotatable bonds is 3. The Bertz CT molecular complexity index is 1510. The van der Waals surface area contributed by atoms with Gasteiger partial charge in [0.05, 0.1) is 17.4 Å². The van der Waals surface area contributed by atoms with Crippen molar-refractivity contribution in [1.29, 1.82) is 0 Å². The summed E-state index contributed by atoms with van der Waals surface area (Å²) in [5.41, 5.74) is 7.10. The predicted octanol–water partition coefficient (Wildman–Crippen LogP) is 4.26. The van der Waals surface area contributed by atoms with E-state index in [2.05, 4.69) is 73.8 Å². The van der Waals surface area contributed by atoms with E-state index in [0.717, 1.165) is 59.5 Å². The molecule has 6 rings (SSSR count). The van der Waals surface area contributed by atoms with Crippen LogP contribution in [0.2, 0.25) is 0 Å². The number of nitrogens with one attached hydrogen (secondary N) is 1. The first kappa shape index (κ1) is 19.8. The molecule has 3 aromatic heterocycles. The summed E-state index contributed by atoms with van der Waals surface area (Å²) in [6, 6.07) is 22.5. The van der Waals surface area contributed by atoms with Crippen molar-refractivity contribution in [1.82, 2.24) is 19.3 Å². The van der Waals surface area contributed by atoms with Gasteiger partial charge in [-0.05, 0) is 53.9 Å². The molecule has 1 aliphatic heterocycles. The molecule has 164 valence electrons. The highest BCUT2D eigenvalue weighted by Crippen LogP contribution is 2.30. The number of aromatic amines is 1. The lowest BCUT2D eigenvalue weighted by Gasteiger charge is -2.34. The van der Waals surface area contributed by atoms with Crippen LogP contribution in [-0.4, -0.2) is 52.5 Å². The number of piperazine rings is 1. The highest BCUT2D eigenvalue weighted by atomic mass is 16.1. The summed E-state index contributed by atoms with van der Waals surface area (Å²) >= 11 is 0. The smallest absolute Gasteiger partial charge is 0.248 e. The molecular weight excluding hydrogens is 410 g/mol. The summed E-state index contributed by atoms with van der Waals surface area (Å²) in [5, 5.41) is 0.999. The zero-order chi connectivity index (χ0) is 22.4. The molecule has 1 saturated heterocycles. The molecule has 5 aromatic rings. The van der Waals surface area contributed by atoms with Gasteiger partial charge in [0, 0.05) is 49.7 Å². The third-order valence-electron chi connectivity index (χ3n) is 6.62. The SMILES string of the molecule is CN1CCN(c2ccc(-c3ccn4c(-c5cccc6ccc(=O)[nH]c56)cnc4c3)cc2)CC1. The van der Waals surface area contributed by atoms with Gasteiger partial charge in [0.25, 0.3) is 0 Å². The van der Waals surface area contributed by atoms with Gasteiger partial charge in [0.1, 0.15) is 5.65 Å². The van der Waals surface area contributed by atoms with Crippen LogP contribution in [0.5, 0.6) is 0 Å². The molecule has 0 amide bonds. The van der Waals surface area contributed by atoms with Crippen molar-refractivity contribution in [2.45, 2.75) is 0 Å². The van der Waals surface area contributed by atoms with Crippen LogP contribution in [-0.2, 0) is 0 Å². The van der Waals surface area contributed by atoms with Gasteiger partial charge in [-0.3, -0.25) is 9.20 Å². The summed E-state index contributed by atoms with van der Waals surface area (Å²) in [6.45, 7) is 4.34. The van der Waals surface area contributed by atoms with Crippen LogP contribution < -0.4 is 10.5 Å². The van der Waals surface area contributed by atoms with Crippen LogP contribution in [0.4, 0.5) is 5.69 Å². The first-order valence-electron chi connectivity index (χ1n) is 11.3. The normalized spacial score (nSPS) is 14.9. The molecule has 1 fully saturated rings. The Hall–Kier alpha value is -3.90. The number of hydrogen-bond acceptors (Lipinski definition) is 4. The van der Waals surface area contributed by atoms with E-state index in [-0.39, 0.29) is 5.56 Å². The Morgan fingerprint density at radius 3 is 2.52 bits per heavy atom. The third kappa shape index (κ3) is 3.58. The predicted molar refractivity (Wildman–Crippen MR) is 134 cm³/mol. The molecule has 0 bridgehead atoms. The lowest BCUT2D eigenvalue weighted by Crippen LogP contribution is -2.44. The Morgan fingerprint density at radius 2 is 1.70 bits per heavy atom. The molecule has 1 aliphatic rings. The molecule has 6 heteroatoms. The van der Waals surface area contributed by atoms with E-state index in [1.165, 1.54) is 11.3 Å². The van der Waals surface area contributed by atoms with Crippen LogP contribution in [0.1, 0.15) is 0 Å². The molecule has 4 heterocycles. The number of para-hydroxylation sites is 1. The van der Waals surface area contributed by atoms with Crippen molar-refractivity contribution >= 4 is 22.2 Å². The minimum Gasteiger partial charge on any atom is -0.369 e. The van der Waals surface area contributed by atoms with Crippen molar-refractivity contribution in [3.05, 3.63) is 89.5 Å². The molecule has 33 heavy (non-hydrogen) atoms. The summed E-state index contributed by atoms with van der Waals surface area (Å²) in [7, 11) is 2.18. The van der Waals surface area contributed by atoms with Crippen LogP contribution in [0.15, 0.2) is 83.9 Å². The first-order chi connectivity index (χ1) is 16.2. The number of H-pyrrole nitrogens is 1. The molecule has 0 saturated carbocycles. The van der Waals surface area contributed by atoms with E-state index in [1.54, 1.807) is 6.07 Å². The van der Waals surface area contributed by atoms with E-state index >= 15 is 0 Å². The molecule has 0 radical (unpaired) electrons. The minimum absolute atomic E-state index is 0.105. The quantitative estimate of drug-likeness (QED) is 0.460. The molecular formula is C27H25N5O. The largest absolute Gasteiger partial charge is 0.369 e. The summed E-state index contributed by atoms with van der Waals surface area (Å²) in [6.07, 6.45) is 3.93. The van der Waals surface area contributed by atoms with Crippen molar-refractivity contribution in [3.63, 3.8) is 0 Å². The van der Waals surface area contributed by atoms with Gasteiger partial charge < -0.3 is 14.8 Å². The van der Waals surface area contributed by atoms with E-state index in [4.69, 9.17) is 0 Å². The first-order valence-corrected chi connectivity index (χ1v) is 11.3. The van der Waals surface area contributed by atoms with Gasteiger partial charge in [0.15, 0.2) is 0 Å². The van der Waals surface area contributed by atoms with Gasteiger partial charge in [-0.25, -0.2) is 4.98 Å². The van der Waals surface area contributed by atoms with Gasteiger partial charge in [-0.15, -0.1) is 0 Å². The van der Waals surface area contributed by atoms with E-state index < -0.39 is 0 Å². The van der Waals surface area contributed by atoms with Crippen molar-refractivity contribution in [2.75, 3.05) is 38.1 Å². The van der Waals surface area contributed by atoms with Crippen molar-refractivity contribution in [3.8, 4) is 22.4 Å². The number of aromatic nitrogens is 3. The molecule has 0 spiro atoms. The Labute approximate surface area is 191 Å². The van der Waals surface area contributed by atoms with E-state index in [1.807, 2.05) is 30.5 Å². The molecule has 2 aromatic carbocycles. The van der Waals surface area contributed by atoms with Crippen molar-refractivity contribution < 1.29 is 0 Å². The van der Waals surface area contributed by atoms with Gasteiger partial charge >= 0.3 is 0 Å². The highest BCUT2D eigenvalue weighted by Gasteiger charge is 2.15. The molecule has 1 N–H and O–H groups in total. The van der Waals surface area contributed by atoms with Gasteiger partial charge in [0.2, 0.25) is 5.56 Å². The highest BCUT2D eigenvalue weighted by molar-refractivity contribution is 5.93. The molecule has 6 nitrogen and oxygen atoms in total. The maximum absolute atomic E-state index is 11.9. The summed E-state index contributed by atoms with van der Waals surface area (Å²) < 4.78 is 2.07. The average molecular weight is 436 g/mol. The Balaban J connectivity index is 1.34. The average Bonchev–Trinajstić information content (AvgIpc) is 3.27. The Kier molecular flexibility index (Phi) is 4.73. The number of imidazole rings is 1. The Morgan fingerprint density at radius 1 is 0.879 bits per heavy atom. The number of nitrogens with zero attached hydrogens (tertiary/aromatic N) is 4. The van der Waals surface area contributed by atoms with Gasteiger partial charge in [-0.1, -0.05) is 30.3 Å². The second kappa shape index (κ2) is 7.90. The second-order valence-electron chi connectivity index (χ2n) is 8.72. The van der Waals surface area contributed by atoms with Crippen LogP contribution in [0.25, 0.3) is 38.9 Å². The fourth-order valence-electron chi connectivity index (χ4n) is 4.68. The van der Waals surface area contributed by atoms with Crippen molar-refractivity contribution in [2.24, 2.45) is 0 Å². The molecule has 0 atom stereocenters. The van der Waals surface area contributed by atoms with Crippen LogP contribution >= 0.6 is 0 Å². The number of anilines is 1. The fraction of sp³-hybridized carbons (Fsp3) is 0.185. The zero-order valence-corrected chi connectivity index (χ0v) is 18.5. The van der Waals surface area contributed by atoms with E-state index in [0.29, 0.717) is 0 Å². The number of fused-ring (bicyclic) bond motifs is 2. The molecule has 0 unspecified atom stereocenters. The summed E-state index contributed by atoms with van der Waals surface area (Å²) in [4.78, 5) is 24.4. The maximum Gasteiger partial charge on any atom is 0.248 e. The fourth-order valence-corrected chi connectivity index (χ4v) is 4.68. The van der Waals surface area contributed by atoms with Crippen LogP contribution in [0, 0.1) is 0 Å². The third-order valence-corrected chi connectivity index (χ3v) is 6.62. The number of benzene rings is 2. The van der Waals surface area contributed by atoms with Gasteiger partial charge in [-0.2, -0.15) is 0 Å². The number of likely N-dealkylation sites (N-methyl/N-ethyl adjacent to an activating group) is 1. The molecule has 0 aliphatic carbocycles. The lowest BCUT2D eigenvalue weighted by molar-refractivity contribution is 0.313. The standard InChI is InChI=1S/C27H25N5O/c1-30-13-15-31(16-14-30)22-8-5-19(6-9-22)21-11-12-32-24(18-28-25(32)17-21)23-4-2-3-20-7-10-26(33)29-27(20)23/h2-12,17-18H,13-16H2,1H3,(H,29,33). The number of pyridine rings is 2.